The zero-order chi connectivity index (χ0) is 13.2. The van der Waals surface area contributed by atoms with Gasteiger partial charge in [0, 0.05) is 13.1 Å². The maximum absolute atomic E-state index is 12.1. The lowest BCUT2D eigenvalue weighted by Gasteiger charge is -2.41. The molecule has 0 atom stereocenters. The number of hydrogen-bond donors (Lipinski definition) is 3. The molecule has 0 unspecified atom stereocenters. The van der Waals surface area contributed by atoms with E-state index in [2.05, 4.69) is 10.6 Å². The molecule has 0 aromatic rings. The summed E-state index contributed by atoms with van der Waals surface area (Å²) in [6, 6.07) is -0.0545. The van der Waals surface area contributed by atoms with Gasteiger partial charge in [-0.25, -0.2) is 9.59 Å². The molecule has 1 aliphatic carbocycles. The Morgan fingerprint density at radius 3 is 2.39 bits per heavy atom. The molecule has 0 spiro atoms. The number of hydrogen-bond acceptors (Lipinski definition) is 3. The van der Waals surface area contributed by atoms with Gasteiger partial charge in [0.2, 0.25) is 0 Å². The summed E-state index contributed by atoms with van der Waals surface area (Å²) >= 11 is 0. The van der Waals surface area contributed by atoms with Crippen LogP contribution in [0.4, 0.5) is 4.79 Å². The number of amides is 2. The maximum atomic E-state index is 12.1. The van der Waals surface area contributed by atoms with Crippen molar-refractivity contribution in [1.29, 1.82) is 0 Å². The topological polar surface area (TPSA) is 81.7 Å². The van der Waals surface area contributed by atoms with Crippen molar-refractivity contribution in [3.63, 3.8) is 0 Å². The average Bonchev–Trinajstić information content (AvgIpc) is 2.33. The largest absolute Gasteiger partial charge is 0.480 e. The highest BCUT2D eigenvalue weighted by molar-refractivity contribution is 5.87. The Labute approximate surface area is 107 Å². The van der Waals surface area contributed by atoms with E-state index in [1.807, 2.05) is 0 Å². The Morgan fingerprint density at radius 1 is 1.33 bits per heavy atom. The van der Waals surface area contributed by atoms with E-state index in [1.54, 1.807) is 11.9 Å². The predicted molar refractivity (Wildman–Crippen MR) is 66.4 cm³/mol. The lowest BCUT2D eigenvalue weighted by molar-refractivity contribution is -0.148. The number of piperidine rings is 1. The van der Waals surface area contributed by atoms with Gasteiger partial charge in [-0.05, 0) is 45.2 Å². The standard InChI is InChI=1S/C12H21N3O3/c1-15(9-3-7-13-8-4-9)11(18)14-12(10(16)17)5-2-6-12/h9,13H,2-8H2,1H3,(H,14,18)(H,16,17). The first-order valence-corrected chi connectivity index (χ1v) is 6.54. The number of urea groups is 1. The molecule has 102 valence electrons. The molecule has 0 radical (unpaired) electrons. The van der Waals surface area contributed by atoms with Crippen molar-refractivity contribution in [2.75, 3.05) is 20.1 Å². The number of nitrogens with one attached hydrogen (secondary N) is 2. The van der Waals surface area contributed by atoms with Crippen LogP contribution >= 0.6 is 0 Å². The van der Waals surface area contributed by atoms with E-state index in [0.29, 0.717) is 12.8 Å². The first-order valence-electron chi connectivity index (χ1n) is 6.54. The number of rotatable bonds is 3. The number of carboxylic acid groups (broad SMARTS) is 1. The van der Waals surface area contributed by atoms with Gasteiger partial charge >= 0.3 is 12.0 Å². The van der Waals surface area contributed by atoms with Crippen LogP contribution in [-0.2, 0) is 4.79 Å². The molecular weight excluding hydrogens is 234 g/mol. The first-order chi connectivity index (χ1) is 8.55. The van der Waals surface area contributed by atoms with Gasteiger partial charge in [0.1, 0.15) is 5.54 Å². The molecule has 2 rings (SSSR count). The molecule has 1 aliphatic heterocycles. The van der Waals surface area contributed by atoms with Crippen molar-refractivity contribution >= 4 is 12.0 Å². The third kappa shape index (κ3) is 2.43. The van der Waals surface area contributed by atoms with Crippen LogP contribution in [0.1, 0.15) is 32.1 Å². The van der Waals surface area contributed by atoms with Crippen LogP contribution in [0.5, 0.6) is 0 Å². The fourth-order valence-electron chi connectivity index (χ4n) is 2.58. The molecule has 2 aliphatic rings. The third-order valence-electron chi connectivity index (χ3n) is 4.14. The van der Waals surface area contributed by atoms with Crippen molar-refractivity contribution in [2.45, 2.75) is 43.7 Å². The van der Waals surface area contributed by atoms with Gasteiger partial charge in [0.05, 0.1) is 0 Å². The average molecular weight is 255 g/mol. The Kier molecular flexibility index (Phi) is 3.75. The van der Waals surface area contributed by atoms with E-state index in [9.17, 15) is 14.7 Å². The number of carbonyl (C=O) groups is 2. The fourth-order valence-corrected chi connectivity index (χ4v) is 2.58. The summed E-state index contributed by atoms with van der Waals surface area (Å²) in [7, 11) is 1.75. The molecule has 3 N–H and O–H groups in total. The predicted octanol–water partition coefficient (Wildman–Crippen LogP) is 0.387. The summed E-state index contributed by atoms with van der Waals surface area (Å²) in [5.41, 5.74) is -1.02. The molecule has 1 heterocycles. The Hall–Kier alpha value is -1.30. The second kappa shape index (κ2) is 5.14. The van der Waals surface area contributed by atoms with Gasteiger partial charge in [-0.1, -0.05) is 0 Å². The Morgan fingerprint density at radius 2 is 1.94 bits per heavy atom. The van der Waals surface area contributed by atoms with Crippen molar-refractivity contribution in [2.24, 2.45) is 0 Å². The molecule has 18 heavy (non-hydrogen) atoms. The maximum Gasteiger partial charge on any atom is 0.329 e. The van der Waals surface area contributed by atoms with Gasteiger partial charge in [0.15, 0.2) is 0 Å². The molecule has 1 saturated heterocycles. The molecule has 0 aromatic heterocycles. The number of aliphatic carboxylic acids is 1. The van der Waals surface area contributed by atoms with Gasteiger partial charge < -0.3 is 20.6 Å². The van der Waals surface area contributed by atoms with Crippen molar-refractivity contribution in [1.82, 2.24) is 15.5 Å². The van der Waals surface area contributed by atoms with Crippen molar-refractivity contribution in [3.8, 4) is 0 Å². The monoisotopic (exact) mass is 255 g/mol. The van der Waals surface area contributed by atoms with Gasteiger partial charge in [-0.15, -0.1) is 0 Å². The summed E-state index contributed by atoms with van der Waals surface area (Å²) in [5.74, 6) is -0.916. The van der Waals surface area contributed by atoms with Crippen LogP contribution in [0.25, 0.3) is 0 Å². The van der Waals surface area contributed by atoms with Crippen LogP contribution < -0.4 is 10.6 Å². The number of nitrogens with zero attached hydrogens (tertiary/aromatic N) is 1. The third-order valence-corrected chi connectivity index (χ3v) is 4.14. The Balaban J connectivity index is 1.92. The lowest BCUT2D eigenvalue weighted by atomic mass is 9.77. The van der Waals surface area contributed by atoms with Crippen LogP contribution in [0, 0.1) is 0 Å². The normalized spacial score (nSPS) is 22.9. The second-order valence-corrected chi connectivity index (χ2v) is 5.26. The highest BCUT2D eigenvalue weighted by Gasteiger charge is 2.46. The van der Waals surface area contributed by atoms with Crippen LogP contribution in [0.2, 0.25) is 0 Å². The van der Waals surface area contributed by atoms with Gasteiger partial charge in [-0.3, -0.25) is 0 Å². The second-order valence-electron chi connectivity index (χ2n) is 5.26. The summed E-state index contributed by atoms with van der Waals surface area (Å²) in [4.78, 5) is 24.9. The van der Waals surface area contributed by atoms with Crippen molar-refractivity contribution < 1.29 is 14.7 Å². The molecule has 0 aromatic carbocycles. The Bertz CT molecular complexity index is 335. The minimum absolute atomic E-state index is 0.206. The smallest absolute Gasteiger partial charge is 0.329 e. The molecule has 6 heteroatoms. The molecule has 1 saturated carbocycles. The summed E-state index contributed by atoms with van der Waals surface area (Å²) in [6.07, 6.45) is 3.78. The van der Waals surface area contributed by atoms with Crippen LogP contribution in [-0.4, -0.2) is 53.7 Å². The van der Waals surface area contributed by atoms with Crippen LogP contribution in [0.3, 0.4) is 0 Å². The molecule has 2 amide bonds. The van der Waals surface area contributed by atoms with Gasteiger partial charge in [0.25, 0.3) is 0 Å². The molecule has 6 nitrogen and oxygen atoms in total. The fraction of sp³-hybridized carbons (Fsp3) is 0.833. The summed E-state index contributed by atoms with van der Waals surface area (Å²) < 4.78 is 0. The van der Waals surface area contributed by atoms with E-state index in [4.69, 9.17) is 0 Å². The molecular formula is C12H21N3O3. The highest BCUT2D eigenvalue weighted by atomic mass is 16.4. The number of carbonyl (C=O) groups excluding carboxylic acids is 1. The minimum Gasteiger partial charge on any atom is -0.480 e. The van der Waals surface area contributed by atoms with E-state index >= 15 is 0 Å². The van der Waals surface area contributed by atoms with E-state index < -0.39 is 11.5 Å². The highest BCUT2D eigenvalue weighted by Crippen LogP contribution is 2.32. The van der Waals surface area contributed by atoms with E-state index in [0.717, 1.165) is 32.4 Å². The van der Waals surface area contributed by atoms with E-state index in [1.165, 1.54) is 0 Å². The quantitative estimate of drug-likeness (QED) is 0.681. The summed E-state index contributed by atoms with van der Waals surface area (Å²) in [5, 5.41) is 15.1. The SMILES string of the molecule is CN(C(=O)NC1(C(=O)O)CCC1)C1CCNCC1. The first kappa shape index (κ1) is 13.1. The zero-order valence-corrected chi connectivity index (χ0v) is 10.7. The van der Waals surface area contributed by atoms with E-state index in [-0.39, 0.29) is 12.1 Å². The minimum atomic E-state index is -1.02. The van der Waals surface area contributed by atoms with Crippen LogP contribution in [0.15, 0.2) is 0 Å². The molecule has 0 bridgehead atoms. The summed E-state index contributed by atoms with van der Waals surface area (Å²) in [6.45, 7) is 1.82. The zero-order valence-electron chi connectivity index (χ0n) is 10.7. The van der Waals surface area contributed by atoms with Crippen molar-refractivity contribution in [3.05, 3.63) is 0 Å². The lowest BCUT2D eigenvalue weighted by Crippen LogP contribution is -2.62. The molecule has 2 fully saturated rings. The van der Waals surface area contributed by atoms with Gasteiger partial charge in [-0.2, -0.15) is 0 Å². The number of carboxylic acids is 1.